The molecule has 6 heteroatoms. The number of aliphatic carboxylic acids is 1. The smallest absolute Gasteiger partial charge is 0.327 e. The SMILES string of the molecule is CCC1CCN(C(=O)N2C(C)SCC2C(=O)O)CC1. The van der Waals surface area contributed by atoms with Gasteiger partial charge in [-0.2, -0.15) is 0 Å². The summed E-state index contributed by atoms with van der Waals surface area (Å²) in [6.45, 7) is 5.61. The maximum atomic E-state index is 12.5. The fraction of sp³-hybridized carbons (Fsp3) is 0.846. The maximum absolute atomic E-state index is 12.5. The van der Waals surface area contributed by atoms with Crippen LogP contribution in [0, 0.1) is 5.92 Å². The zero-order valence-corrected chi connectivity index (χ0v) is 12.4. The number of piperidine rings is 1. The van der Waals surface area contributed by atoms with Crippen LogP contribution in [0.15, 0.2) is 0 Å². The van der Waals surface area contributed by atoms with E-state index >= 15 is 0 Å². The molecule has 0 aliphatic carbocycles. The summed E-state index contributed by atoms with van der Waals surface area (Å²) in [6.07, 6.45) is 3.24. The van der Waals surface area contributed by atoms with E-state index in [4.69, 9.17) is 0 Å². The van der Waals surface area contributed by atoms with E-state index < -0.39 is 12.0 Å². The van der Waals surface area contributed by atoms with Crippen LogP contribution in [0.3, 0.4) is 0 Å². The number of likely N-dealkylation sites (tertiary alicyclic amines) is 1. The first-order valence-electron chi connectivity index (χ1n) is 6.96. The van der Waals surface area contributed by atoms with E-state index in [2.05, 4.69) is 6.92 Å². The topological polar surface area (TPSA) is 60.9 Å². The van der Waals surface area contributed by atoms with Crippen LogP contribution in [0.1, 0.15) is 33.1 Å². The third-order valence-corrected chi connectivity index (χ3v) is 5.41. The molecule has 19 heavy (non-hydrogen) atoms. The normalized spacial score (nSPS) is 28.7. The van der Waals surface area contributed by atoms with Gasteiger partial charge in [-0.1, -0.05) is 13.3 Å². The number of hydrogen-bond acceptors (Lipinski definition) is 3. The Morgan fingerprint density at radius 2 is 1.95 bits per heavy atom. The van der Waals surface area contributed by atoms with Crippen LogP contribution in [0.5, 0.6) is 0 Å². The second-order valence-electron chi connectivity index (χ2n) is 5.32. The van der Waals surface area contributed by atoms with E-state index in [-0.39, 0.29) is 11.4 Å². The van der Waals surface area contributed by atoms with E-state index in [1.807, 2.05) is 11.8 Å². The summed E-state index contributed by atoms with van der Waals surface area (Å²) < 4.78 is 0. The first-order valence-corrected chi connectivity index (χ1v) is 8.01. The van der Waals surface area contributed by atoms with Gasteiger partial charge in [0.05, 0.1) is 5.37 Å². The standard InChI is InChI=1S/C13H22N2O3S/c1-3-10-4-6-14(7-5-10)13(18)15-9(2)19-8-11(15)12(16)17/h9-11H,3-8H2,1-2H3,(H,16,17). The summed E-state index contributed by atoms with van der Waals surface area (Å²) in [5.74, 6) is 0.312. The van der Waals surface area contributed by atoms with Crippen LogP contribution >= 0.6 is 11.8 Å². The van der Waals surface area contributed by atoms with Gasteiger partial charge in [0, 0.05) is 18.8 Å². The van der Waals surface area contributed by atoms with Gasteiger partial charge in [0.15, 0.2) is 0 Å². The summed E-state index contributed by atoms with van der Waals surface area (Å²) in [6, 6.07) is -0.768. The molecule has 2 saturated heterocycles. The lowest BCUT2D eigenvalue weighted by Gasteiger charge is -2.36. The molecule has 2 amide bonds. The van der Waals surface area contributed by atoms with Gasteiger partial charge in [0.25, 0.3) is 0 Å². The van der Waals surface area contributed by atoms with Crippen molar-refractivity contribution in [2.75, 3.05) is 18.8 Å². The summed E-state index contributed by atoms with van der Waals surface area (Å²) in [4.78, 5) is 27.1. The van der Waals surface area contributed by atoms with E-state index in [1.165, 1.54) is 11.8 Å². The Kier molecular flexibility index (Phi) is 4.60. The number of thioether (sulfide) groups is 1. The number of carboxylic acids is 1. The molecule has 108 valence electrons. The molecule has 0 saturated carbocycles. The van der Waals surface area contributed by atoms with Crippen molar-refractivity contribution in [2.45, 2.75) is 44.5 Å². The van der Waals surface area contributed by atoms with Crippen molar-refractivity contribution >= 4 is 23.8 Å². The highest BCUT2D eigenvalue weighted by molar-refractivity contribution is 8.00. The largest absolute Gasteiger partial charge is 0.480 e. The van der Waals surface area contributed by atoms with Gasteiger partial charge in [-0.05, 0) is 25.7 Å². The van der Waals surface area contributed by atoms with Crippen LogP contribution in [0.25, 0.3) is 0 Å². The van der Waals surface area contributed by atoms with Gasteiger partial charge in [0.2, 0.25) is 0 Å². The molecule has 2 atom stereocenters. The Balaban J connectivity index is 2.00. The van der Waals surface area contributed by atoms with Crippen LogP contribution < -0.4 is 0 Å². The monoisotopic (exact) mass is 286 g/mol. The molecule has 1 N–H and O–H groups in total. The number of carboxylic acid groups (broad SMARTS) is 1. The second kappa shape index (κ2) is 6.03. The van der Waals surface area contributed by atoms with E-state index in [0.717, 1.165) is 32.4 Å². The van der Waals surface area contributed by atoms with Crippen molar-refractivity contribution in [3.63, 3.8) is 0 Å². The number of urea groups is 1. The van der Waals surface area contributed by atoms with Crippen molar-refractivity contribution in [3.8, 4) is 0 Å². The second-order valence-corrected chi connectivity index (χ2v) is 6.66. The summed E-state index contributed by atoms with van der Waals surface area (Å²) in [7, 11) is 0. The number of carbonyl (C=O) groups is 2. The van der Waals surface area contributed by atoms with Gasteiger partial charge in [-0.15, -0.1) is 11.8 Å². The summed E-state index contributed by atoms with van der Waals surface area (Å²) in [5, 5.41) is 9.16. The van der Waals surface area contributed by atoms with E-state index in [9.17, 15) is 14.7 Å². The third-order valence-electron chi connectivity index (χ3n) is 4.19. The third kappa shape index (κ3) is 2.99. The fourth-order valence-electron chi connectivity index (χ4n) is 2.82. The van der Waals surface area contributed by atoms with Crippen molar-refractivity contribution in [1.29, 1.82) is 0 Å². The van der Waals surface area contributed by atoms with Gasteiger partial charge < -0.3 is 10.0 Å². The van der Waals surface area contributed by atoms with Gasteiger partial charge in [-0.25, -0.2) is 9.59 Å². The van der Waals surface area contributed by atoms with Crippen molar-refractivity contribution < 1.29 is 14.7 Å². The molecule has 0 aromatic carbocycles. The average Bonchev–Trinajstić information content (AvgIpc) is 2.80. The Hall–Kier alpha value is -0.910. The number of hydrogen-bond donors (Lipinski definition) is 1. The number of rotatable bonds is 2. The number of amides is 2. The first-order chi connectivity index (χ1) is 9.04. The molecule has 0 bridgehead atoms. The molecule has 2 fully saturated rings. The number of nitrogens with zero attached hydrogens (tertiary/aromatic N) is 2. The molecular weight excluding hydrogens is 264 g/mol. The van der Waals surface area contributed by atoms with Crippen LogP contribution in [0.4, 0.5) is 4.79 Å². The van der Waals surface area contributed by atoms with Gasteiger partial charge in [-0.3, -0.25) is 4.90 Å². The van der Waals surface area contributed by atoms with Crippen molar-refractivity contribution in [1.82, 2.24) is 9.80 Å². The Labute approximate surface area is 118 Å². The van der Waals surface area contributed by atoms with Crippen molar-refractivity contribution in [3.05, 3.63) is 0 Å². The molecule has 2 aliphatic rings. The van der Waals surface area contributed by atoms with Gasteiger partial charge >= 0.3 is 12.0 Å². The molecule has 0 aromatic heterocycles. The lowest BCUT2D eigenvalue weighted by Crippen LogP contribution is -2.52. The zero-order valence-electron chi connectivity index (χ0n) is 11.5. The van der Waals surface area contributed by atoms with Crippen LogP contribution in [-0.4, -0.2) is 57.2 Å². The molecule has 0 spiro atoms. The van der Waals surface area contributed by atoms with Crippen molar-refractivity contribution in [2.24, 2.45) is 5.92 Å². The predicted molar refractivity (Wildman–Crippen MR) is 75.2 cm³/mol. The Morgan fingerprint density at radius 3 is 2.47 bits per heavy atom. The van der Waals surface area contributed by atoms with Gasteiger partial charge in [0.1, 0.15) is 6.04 Å². The Morgan fingerprint density at radius 1 is 1.32 bits per heavy atom. The molecule has 0 aromatic rings. The fourth-order valence-corrected chi connectivity index (χ4v) is 3.98. The molecule has 0 radical (unpaired) electrons. The quantitative estimate of drug-likeness (QED) is 0.844. The highest BCUT2D eigenvalue weighted by Crippen LogP contribution is 2.31. The Bertz CT molecular complexity index is 356. The maximum Gasteiger partial charge on any atom is 0.327 e. The van der Waals surface area contributed by atoms with Crippen LogP contribution in [0.2, 0.25) is 0 Å². The van der Waals surface area contributed by atoms with E-state index in [0.29, 0.717) is 11.7 Å². The molecule has 2 aliphatic heterocycles. The highest BCUT2D eigenvalue weighted by atomic mass is 32.2. The highest BCUT2D eigenvalue weighted by Gasteiger charge is 2.41. The molecular formula is C13H22N2O3S. The molecule has 2 rings (SSSR count). The molecule has 2 unspecified atom stereocenters. The molecule has 5 nitrogen and oxygen atoms in total. The zero-order chi connectivity index (χ0) is 14.0. The minimum atomic E-state index is -0.895. The predicted octanol–water partition coefficient (Wildman–Crippen LogP) is 2.08. The molecule has 2 heterocycles. The average molecular weight is 286 g/mol. The minimum absolute atomic E-state index is 0.0440. The lowest BCUT2D eigenvalue weighted by molar-refractivity contribution is -0.141. The van der Waals surface area contributed by atoms with E-state index in [1.54, 1.807) is 4.90 Å². The first kappa shape index (κ1) is 14.5. The summed E-state index contributed by atoms with van der Waals surface area (Å²) in [5.41, 5.74) is 0. The van der Waals surface area contributed by atoms with Crippen LogP contribution in [-0.2, 0) is 4.79 Å². The number of carbonyl (C=O) groups excluding carboxylic acids is 1. The lowest BCUT2D eigenvalue weighted by atomic mass is 9.95. The minimum Gasteiger partial charge on any atom is -0.480 e. The summed E-state index contributed by atoms with van der Waals surface area (Å²) >= 11 is 1.54.